The van der Waals surface area contributed by atoms with Gasteiger partial charge in [0.05, 0.1) is 22.3 Å². The Morgan fingerprint density at radius 2 is 2.05 bits per heavy atom. The minimum Gasteiger partial charge on any atom is -0.383 e. The summed E-state index contributed by atoms with van der Waals surface area (Å²) in [5.74, 6) is 1.57. The molecule has 1 heterocycles. The lowest BCUT2D eigenvalue weighted by Crippen LogP contribution is -2.05. The number of nitrogen functional groups attached to an aromatic ring is 1. The van der Waals surface area contributed by atoms with Crippen LogP contribution in [0.15, 0.2) is 18.2 Å². The van der Waals surface area contributed by atoms with Crippen molar-refractivity contribution in [2.75, 3.05) is 11.1 Å². The maximum Gasteiger partial charge on any atom is 0.139 e. The van der Waals surface area contributed by atoms with Gasteiger partial charge in [0.15, 0.2) is 0 Å². The van der Waals surface area contributed by atoms with Gasteiger partial charge in [-0.2, -0.15) is 5.26 Å². The van der Waals surface area contributed by atoms with Gasteiger partial charge < -0.3 is 11.1 Å². The molecular weight excluding hydrogens is 262 g/mol. The number of hydrogen-bond acceptors (Lipinski definition) is 5. The molecule has 0 bridgehead atoms. The molecule has 0 saturated heterocycles. The maximum absolute atomic E-state index is 8.90. The Hall–Kier alpha value is -2.32. The number of nitriles is 1. The molecule has 1 aromatic heterocycles. The van der Waals surface area contributed by atoms with Gasteiger partial charge in [-0.25, -0.2) is 9.97 Å². The van der Waals surface area contributed by atoms with Gasteiger partial charge in [-0.3, -0.25) is 0 Å². The molecule has 0 saturated carbocycles. The van der Waals surface area contributed by atoms with Crippen LogP contribution in [0.2, 0.25) is 5.02 Å². The molecular formula is C13H12ClN5. The highest BCUT2D eigenvalue weighted by Crippen LogP contribution is 2.28. The van der Waals surface area contributed by atoms with Crippen LogP contribution >= 0.6 is 11.6 Å². The van der Waals surface area contributed by atoms with Crippen molar-refractivity contribution in [1.82, 2.24) is 9.97 Å². The number of anilines is 3. The molecule has 2 rings (SSSR count). The first-order valence-corrected chi connectivity index (χ1v) is 5.96. The van der Waals surface area contributed by atoms with Gasteiger partial charge in [-0.1, -0.05) is 11.6 Å². The van der Waals surface area contributed by atoms with Gasteiger partial charge >= 0.3 is 0 Å². The molecule has 96 valence electrons. The van der Waals surface area contributed by atoms with E-state index < -0.39 is 0 Å². The van der Waals surface area contributed by atoms with Gasteiger partial charge in [0.2, 0.25) is 0 Å². The van der Waals surface area contributed by atoms with Crippen LogP contribution in [-0.4, -0.2) is 9.97 Å². The van der Waals surface area contributed by atoms with Crippen molar-refractivity contribution in [1.29, 1.82) is 5.26 Å². The lowest BCUT2D eigenvalue weighted by Gasteiger charge is -2.12. The van der Waals surface area contributed by atoms with E-state index >= 15 is 0 Å². The first-order valence-electron chi connectivity index (χ1n) is 5.58. The summed E-state index contributed by atoms with van der Waals surface area (Å²) in [5.41, 5.74) is 7.66. The van der Waals surface area contributed by atoms with E-state index in [-0.39, 0.29) is 0 Å². The van der Waals surface area contributed by atoms with E-state index in [1.165, 1.54) is 0 Å². The molecule has 5 nitrogen and oxygen atoms in total. The average Bonchev–Trinajstić information content (AvgIpc) is 2.38. The van der Waals surface area contributed by atoms with Crippen LogP contribution in [0.4, 0.5) is 17.3 Å². The summed E-state index contributed by atoms with van der Waals surface area (Å²) in [7, 11) is 0. The monoisotopic (exact) mass is 273 g/mol. The van der Waals surface area contributed by atoms with Crippen LogP contribution in [0.5, 0.6) is 0 Å². The quantitative estimate of drug-likeness (QED) is 0.878. The minimum atomic E-state index is 0.419. The average molecular weight is 274 g/mol. The number of hydrogen-bond donors (Lipinski definition) is 2. The number of aromatic nitrogens is 2. The zero-order chi connectivity index (χ0) is 14.0. The normalized spacial score (nSPS) is 10.0. The lowest BCUT2D eigenvalue weighted by molar-refractivity contribution is 1.04. The maximum atomic E-state index is 8.90. The molecule has 19 heavy (non-hydrogen) atoms. The number of halogens is 1. The van der Waals surface area contributed by atoms with E-state index in [0.717, 1.165) is 5.56 Å². The van der Waals surface area contributed by atoms with Gasteiger partial charge in [0.25, 0.3) is 0 Å². The van der Waals surface area contributed by atoms with Gasteiger partial charge in [0.1, 0.15) is 17.5 Å². The molecule has 3 N–H and O–H groups in total. The minimum absolute atomic E-state index is 0.419. The van der Waals surface area contributed by atoms with Crippen molar-refractivity contribution in [2.45, 2.75) is 13.8 Å². The lowest BCUT2D eigenvalue weighted by atomic mass is 10.2. The summed E-state index contributed by atoms with van der Waals surface area (Å²) in [4.78, 5) is 8.35. The van der Waals surface area contributed by atoms with E-state index in [4.69, 9.17) is 22.6 Å². The van der Waals surface area contributed by atoms with Crippen LogP contribution in [0.3, 0.4) is 0 Å². The Labute approximate surface area is 116 Å². The second-order valence-electron chi connectivity index (χ2n) is 4.06. The number of benzene rings is 1. The number of nitrogens with two attached hydrogens (primary N) is 1. The third-order valence-corrected chi connectivity index (χ3v) is 2.97. The molecule has 0 atom stereocenters. The highest BCUT2D eigenvalue weighted by atomic mass is 35.5. The standard InChI is InChI=1S/C13H12ClN5/c1-7-12(16)17-8(2)18-13(7)19-11-5-9(6-15)3-4-10(11)14/h3-5H,1-2H3,(H3,16,17,18,19). The van der Waals surface area contributed by atoms with Crippen molar-refractivity contribution >= 4 is 28.9 Å². The van der Waals surface area contributed by atoms with Crippen LogP contribution in [0, 0.1) is 25.2 Å². The van der Waals surface area contributed by atoms with Crippen LogP contribution in [0.25, 0.3) is 0 Å². The second kappa shape index (κ2) is 5.12. The molecule has 2 aromatic rings. The SMILES string of the molecule is Cc1nc(N)c(C)c(Nc2cc(C#N)ccc2Cl)n1. The molecule has 0 fully saturated rings. The van der Waals surface area contributed by atoms with Crippen molar-refractivity contribution in [3.05, 3.63) is 40.2 Å². The van der Waals surface area contributed by atoms with E-state index in [9.17, 15) is 0 Å². The van der Waals surface area contributed by atoms with Crippen molar-refractivity contribution in [3.8, 4) is 6.07 Å². The molecule has 0 aliphatic rings. The largest absolute Gasteiger partial charge is 0.383 e. The number of aryl methyl sites for hydroxylation is 1. The van der Waals surface area contributed by atoms with Gasteiger partial charge in [-0.15, -0.1) is 0 Å². The van der Waals surface area contributed by atoms with Crippen molar-refractivity contribution in [3.63, 3.8) is 0 Å². The summed E-state index contributed by atoms with van der Waals surface area (Å²) in [5, 5.41) is 12.5. The summed E-state index contributed by atoms with van der Waals surface area (Å²) in [6.45, 7) is 3.58. The Morgan fingerprint density at radius 1 is 1.32 bits per heavy atom. The van der Waals surface area contributed by atoms with E-state index in [2.05, 4.69) is 21.4 Å². The summed E-state index contributed by atoms with van der Waals surface area (Å²) in [6, 6.07) is 7.04. The molecule has 0 aliphatic carbocycles. The zero-order valence-electron chi connectivity index (χ0n) is 10.5. The first kappa shape index (κ1) is 13.1. The highest BCUT2D eigenvalue weighted by molar-refractivity contribution is 6.33. The second-order valence-corrected chi connectivity index (χ2v) is 4.47. The molecule has 0 aliphatic heterocycles. The first-order chi connectivity index (χ1) is 9.01. The Kier molecular flexibility index (Phi) is 3.54. The molecule has 0 radical (unpaired) electrons. The zero-order valence-corrected chi connectivity index (χ0v) is 11.3. The van der Waals surface area contributed by atoms with E-state index in [1.54, 1.807) is 25.1 Å². The third-order valence-electron chi connectivity index (χ3n) is 2.64. The number of nitrogens with zero attached hydrogens (tertiary/aromatic N) is 3. The predicted molar refractivity (Wildman–Crippen MR) is 75.4 cm³/mol. The smallest absolute Gasteiger partial charge is 0.139 e. The van der Waals surface area contributed by atoms with Crippen molar-refractivity contribution in [2.24, 2.45) is 0 Å². The van der Waals surface area contributed by atoms with Crippen LogP contribution in [0.1, 0.15) is 17.0 Å². The number of rotatable bonds is 2. The van der Waals surface area contributed by atoms with Crippen molar-refractivity contribution < 1.29 is 0 Å². The Bertz CT molecular complexity index is 675. The fraction of sp³-hybridized carbons (Fsp3) is 0.154. The highest BCUT2D eigenvalue weighted by Gasteiger charge is 2.09. The van der Waals surface area contributed by atoms with Gasteiger partial charge in [0, 0.05) is 5.56 Å². The Balaban J connectivity index is 2.44. The van der Waals surface area contributed by atoms with E-state index in [1.807, 2.05) is 6.92 Å². The fourth-order valence-corrected chi connectivity index (χ4v) is 1.75. The molecule has 1 aromatic carbocycles. The molecule has 6 heteroatoms. The van der Waals surface area contributed by atoms with Crippen LogP contribution < -0.4 is 11.1 Å². The van der Waals surface area contributed by atoms with Crippen LogP contribution in [-0.2, 0) is 0 Å². The predicted octanol–water partition coefficient (Wildman–Crippen LogP) is 2.94. The van der Waals surface area contributed by atoms with E-state index in [0.29, 0.717) is 33.7 Å². The molecule has 0 unspecified atom stereocenters. The topological polar surface area (TPSA) is 87.6 Å². The third kappa shape index (κ3) is 2.75. The summed E-state index contributed by atoms with van der Waals surface area (Å²) in [6.07, 6.45) is 0. The van der Waals surface area contributed by atoms with Gasteiger partial charge in [-0.05, 0) is 32.0 Å². The summed E-state index contributed by atoms with van der Waals surface area (Å²) >= 11 is 6.09. The fourth-order valence-electron chi connectivity index (χ4n) is 1.59. The Morgan fingerprint density at radius 3 is 2.74 bits per heavy atom. The molecule has 0 amide bonds. The number of nitrogens with one attached hydrogen (secondary N) is 1. The molecule has 0 spiro atoms. The summed E-state index contributed by atoms with van der Waals surface area (Å²) < 4.78 is 0.